The van der Waals surface area contributed by atoms with Crippen LogP contribution in [0, 0.1) is 0 Å². The van der Waals surface area contributed by atoms with E-state index in [1.165, 1.54) is 16.7 Å². The van der Waals surface area contributed by atoms with Crippen LogP contribution in [-0.4, -0.2) is 13.7 Å². The molecule has 0 aromatic heterocycles. The van der Waals surface area contributed by atoms with E-state index in [0.717, 1.165) is 25.1 Å². The number of hydrogen-bond donors (Lipinski definition) is 1. The molecular formula is C17H20ClNO. The van der Waals surface area contributed by atoms with Crippen molar-refractivity contribution in [3.05, 3.63) is 65.2 Å². The molecule has 1 heterocycles. The molecule has 0 amide bonds. The average Bonchev–Trinajstić information content (AvgIpc) is 2.48. The van der Waals surface area contributed by atoms with Crippen molar-refractivity contribution in [1.82, 2.24) is 5.32 Å². The molecule has 2 nitrogen and oxygen atoms in total. The Morgan fingerprint density at radius 1 is 1.15 bits per heavy atom. The van der Waals surface area contributed by atoms with E-state index in [4.69, 9.17) is 4.74 Å². The predicted octanol–water partition coefficient (Wildman–Crippen LogP) is 3.55. The second-order valence-electron chi connectivity index (χ2n) is 5.01. The topological polar surface area (TPSA) is 21.3 Å². The van der Waals surface area contributed by atoms with E-state index in [0.29, 0.717) is 6.04 Å². The molecule has 3 heteroatoms. The van der Waals surface area contributed by atoms with Crippen LogP contribution >= 0.6 is 12.4 Å². The summed E-state index contributed by atoms with van der Waals surface area (Å²) in [5.41, 5.74) is 4.20. The summed E-state index contributed by atoms with van der Waals surface area (Å²) in [6.07, 6.45) is 2.13. The van der Waals surface area contributed by atoms with Gasteiger partial charge in [0.25, 0.3) is 0 Å². The summed E-state index contributed by atoms with van der Waals surface area (Å²) in [7, 11) is 1.73. The molecule has 3 rings (SSSR count). The van der Waals surface area contributed by atoms with Crippen LogP contribution in [0.1, 0.15) is 22.7 Å². The summed E-state index contributed by atoms with van der Waals surface area (Å²) in [5, 5.41) is 3.62. The molecule has 0 saturated carbocycles. The molecule has 106 valence electrons. The van der Waals surface area contributed by atoms with Crippen LogP contribution in [0.4, 0.5) is 0 Å². The summed E-state index contributed by atoms with van der Waals surface area (Å²) >= 11 is 0. The number of benzene rings is 2. The normalized spacial score (nSPS) is 16.9. The van der Waals surface area contributed by atoms with Crippen LogP contribution in [0.15, 0.2) is 48.5 Å². The molecule has 2 aromatic rings. The fourth-order valence-corrected chi connectivity index (χ4v) is 2.77. The highest BCUT2D eigenvalue weighted by molar-refractivity contribution is 5.85. The van der Waals surface area contributed by atoms with E-state index in [1.54, 1.807) is 7.11 Å². The van der Waals surface area contributed by atoms with Gasteiger partial charge in [0.15, 0.2) is 0 Å². The van der Waals surface area contributed by atoms with Gasteiger partial charge in [-0.3, -0.25) is 0 Å². The van der Waals surface area contributed by atoms with Crippen LogP contribution in [-0.2, 0) is 12.8 Å². The highest BCUT2D eigenvalue weighted by Crippen LogP contribution is 2.29. The largest absolute Gasteiger partial charge is 0.497 e. The van der Waals surface area contributed by atoms with Gasteiger partial charge < -0.3 is 10.1 Å². The molecule has 0 spiro atoms. The summed E-state index contributed by atoms with van der Waals surface area (Å²) in [6.45, 7) is 1.05. The minimum atomic E-state index is 0. The number of methoxy groups -OCH3 is 1. The Morgan fingerprint density at radius 3 is 2.70 bits per heavy atom. The monoisotopic (exact) mass is 289 g/mol. The molecular weight excluding hydrogens is 270 g/mol. The van der Waals surface area contributed by atoms with Crippen LogP contribution in [0.25, 0.3) is 0 Å². The maximum Gasteiger partial charge on any atom is 0.119 e. The zero-order chi connectivity index (χ0) is 13.1. The Hall–Kier alpha value is -1.51. The molecule has 0 aliphatic carbocycles. The van der Waals surface area contributed by atoms with Crippen LogP contribution < -0.4 is 10.1 Å². The van der Waals surface area contributed by atoms with Gasteiger partial charge in [0.2, 0.25) is 0 Å². The summed E-state index contributed by atoms with van der Waals surface area (Å²) in [6, 6.07) is 17.5. The van der Waals surface area contributed by atoms with Crippen molar-refractivity contribution >= 4 is 12.4 Å². The van der Waals surface area contributed by atoms with Crippen LogP contribution in [0.2, 0.25) is 0 Å². The fourth-order valence-electron chi connectivity index (χ4n) is 2.77. The highest BCUT2D eigenvalue weighted by Gasteiger charge is 2.20. The van der Waals surface area contributed by atoms with Crippen LogP contribution in [0.5, 0.6) is 5.75 Å². The molecule has 0 radical (unpaired) electrons. The number of nitrogens with one attached hydrogen (secondary N) is 1. The Kier molecular flexibility index (Phi) is 5.05. The van der Waals surface area contributed by atoms with Gasteiger partial charge in [-0.25, -0.2) is 0 Å². The lowest BCUT2D eigenvalue weighted by Gasteiger charge is -2.27. The first kappa shape index (κ1) is 14.9. The third kappa shape index (κ3) is 3.14. The van der Waals surface area contributed by atoms with E-state index < -0.39 is 0 Å². The minimum Gasteiger partial charge on any atom is -0.497 e. The number of ether oxygens (including phenoxy) is 1. The molecule has 1 unspecified atom stereocenters. The van der Waals surface area contributed by atoms with Crippen molar-refractivity contribution in [2.24, 2.45) is 0 Å². The maximum absolute atomic E-state index is 5.35. The Bertz CT molecular complexity index is 556. The van der Waals surface area contributed by atoms with Crippen molar-refractivity contribution in [2.45, 2.75) is 18.9 Å². The second kappa shape index (κ2) is 6.78. The number of hydrogen-bond acceptors (Lipinski definition) is 2. The summed E-state index contributed by atoms with van der Waals surface area (Å²) < 4.78 is 5.35. The molecule has 1 N–H and O–H groups in total. The van der Waals surface area contributed by atoms with Crippen molar-refractivity contribution in [1.29, 1.82) is 0 Å². The zero-order valence-corrected chi connectivity index (χ0v) is 12.5. The van der Waals surface area contributed by atoms with Gasteiger partial charge in [-0.1, -0.05) is 36.4 Å². The summed E-state index contributed by atoms with van der Waals surface area (Å²) in [4.78, 5) is 0. The second-order valence-corrected chi connectivity index (χ2v) is 5.01. The molecule has 0 saturated heterocycles. The molecule has 2 aromatic carbocycles. The van der Waals surface area contributed by atoms with E-state index >= 15 is 0 Å². The van der Waals surface area contributed by atoms with Gasteiger partial charge in [0.05, 0.1) is 7.11 Å². The first-order valence-corrected chi connectivity index (χ1v) is 6.81. The minimum absolute atomic E-state index is 0. The molecule has 0 fully saturated rings. The van der Waals surface area contributed by atoms with Crippen molar-refractivity contribution in [3.63, 3.8) is 0 Å². The van der Waals surface area contributed by atoms with Gasteiger partial charge in [-0.15, -0.1) is 12.4 Å². The molecule has 20 heavy (non-hydrogen) atoms. The van der Waals surface area contributed by atoms with Crippen molar-refractivity contribution in [2.75, 3.05) is 13.7 Å². The van der Waals surface area contributed by atoms with Crippen molar-refractivity contribution < 1.29 is 4.74 Å². The lowest BCUT2D eigenvalue weighted by molar-refractivity contribution is 0.411. The highest BCUT2D eigenvalue weighted by atomic mass is 35.5. The SMILES string of the molecule is COc1ccc2c(c1)C(Cc1ccccc1)NCC2.Cl. The fraction of sp³-hybridized carbons (Fsp3) is 0.294. The van der Waals surface area contributed by atoms with Gasteiger partial charge in [-0.2, -0.15) is 0 Å². The maximum atomic E-state index is 5.35. The average molecular weight is 290 g/mol. The lowest BCUT2D eigenvalue weighted by atomic mass is 9.90. The molecule has 1 aliphatic heterocycles. The first-order chi connectivity index (χ1) is 9.36. The lowest BCUT2D eigenvalue weighted by Crippen LogP contribution is -2.31. The van der Waals surface area contributed by atoms with Gasteiger partial charge in [0, 0.05) is 6.04 Å². The van der Waals surface area contributed by atoms with Gasteiger partial charge >= 0.3 is 0 Å². The number of rotatable bonds is 3. The van der Waals surface area contributed by atoms with Gasteiger partial charge in [0.1, 0.15) is 5.75 Å². The Balaban J connectivity index is 0.00000147. The third-order valence-corrected chi connectivity index (χ3v) is 3.80. The standard InChI is InChI=1S/C17H19NO.ClH/c1-19-15-8-7-14-9-10-18-17(16(14)12-15)11-13-5-3-2-4-6-13;/h2-8,12,17-18H,9-11H2,1H3;1H. The Labute approximate surface area is 126 Å². The van der Waals surface area contributed by atoms with E-state index in [-0.39, 0.29) is 12.4 Å². The molecule has 1 atom stereocenters. The number of fused-ring (bicyclic) bond motifs is 1. The number of halogens is 1. The van der Waals surface area contributed by atoms with Crippen LogP contribution in [0.3, 0.4) is 0 Å². The van der Waals surface area contributed by atoms with E-state index in [9.17, 15) is 0 Å². The summed E-state index contributed by atoms with van der Waals surface area (Å²) in [5.74, 6) is 0.945. The Morgan fingerprint density at radius 2 is 1.95 bits per heavy atom. The zero-order valence-electron chi connectivity index (χ0n) is 11.6. The quantitative estimate of drug-likeness (QED) is 0.933. The van der Waals surface area contributed by atoms with Gasteiger partial charge in [-0.05, 0) is 48.2 Å². The molecule has 0 bridgehead atoms. The van der Waals surface area contributed by atoms with E-state index in [2.05, 4.69) is 53.8 Å². The predicted molar refractivity (Wildman–Crippen MR) is 84.8 cm³/mol. The van der Waals surface area contributed by atoms with E-state index in [1.807, 2.05) is 0 Å². The smallest absolute Gasteiger partial charge is 0.119 e. The third-order valence-electron chi connectivity index (χ3n) is 3.80. The van der Waals surface area contributed by atoms with Crippen molar-refractivity contribution in [3.8, 4) is 5.75 Å². The first-order valence-electron chi connectivity index (χ1n) is 6.81. The molecule has 1 aliphatic rings.